The Balaban J connectivity index is 1.69. The van der Waals surface area contributed by atoms with Crippen LogP contribution in [-0.2, 0) is 17.9 Å². The van der Waals surface area contributed by atoms with E-state index in [0.717, 1.165) is 16.9 Å². The van der Waals surface area contributed by atoms with E-state index in [2.05, 4.69) is 5.32 Å². The summed E-state index contributed by atoms with van der Waals surface area (Å²) in [6.45, 7) is 2.07. The molecule has 2 aromatic carbocycles. The molecule has 0 saturated heterocycles. The summed E-state index contributed by atoms with van der Waals surface area (Å²) in [6.07, 6.45) is 0. The first-order chi connectivity index (χ1) is 11.7. The van der Waals surface area contributed by atoms with Crippen molar-refractivity contribution in [3.8, 4) is 5.75 Å². The number of carbonyl (C=O) groups is 1. The minimum absolute atomic E-state index is 0.118. The van der Waals surface area contributed by atoms with Crippen LogP contribution in [0.4, 0.5) is 4.79 Å². The van der Waals surface area contributed by atoms with E-state index in [-0.39, 0.29) is 6.03 Å². The van der Waals surface area contributed by atoms with Gasteiger partial charge in [-0.2, -0.15) is 0 Å². The van der Waals surface area contributed by atoms with Crippen molar-refractivity contribution in [3.05, 3.63) is 65.7 Å². The van der Waals surface area contributed by atoms with Gasteiger partial charge in [0, 0.05) is 20.7 Å². The summed E-state index contributed by atoms with van der Waals surface area (Å²) in [4.78, 5) is 13.7. The summed E-state index contributed by atoms with van der Waals surface area (Å²) in [5.74, 6) is 0.808. The Hall–Kier alpha value is -2.53. The van der Waals surface area contributed by atoms with Crippen molar-refractivity contribution in [1.29, 1.82) is 0 Å². The van der Waals surface area contributed by atoms with Gasteiger partial charge in [0.15, 0.2) is 0 Å². The van der Waals surface area contributed by atoms with Crippen LogP contribution in [0.3, 0.4) is 0 Å². The Morgan fingerprint density at radius 3 is 2.38 bits per heavy atom. The van der Waals surface area contributed by atoms with Gasteiger partial charge in [0.1, 0.15) is 12.4 Å². The second kappa shape index (κ2) is 9.57. The highest BCUT2D eigenvalue weighted by Gasteiger charge is 2.08. The maximum absolute atomic E-state index is 12.1. The van der Waals surface area contributed by atoms with Gasteiger partial charge in [-0.05, 0) is 23.3 Å². The van der Waals surface area contributed by atoms with Gasteiger partial charge in [-0.15, -0.1) is 0 Å². The number of carbonyl (C=O) groups excluding carboxylic acids is 1. The van der Waals surface area contributed by atoms with Crippen molar-refractivity contribution in [2.24, 2.45) is 0 Å². The Labute approximate surface area is 143 Å². The molecule has 0 bridgehead atoms. The van der Waals surface area contributed by atoms with E-state index in [1.165, 1.54) is 0 Å². The number of benzene rings is 2. The number of urea groups is 1. The zero-order chi connectivity index (χ0) is 17.2. The van der Waals surface area contributed by atoms with Gasteiger partial charge >= 0.3 is 6.03 Å². The smallest absolute Gasteiger partial charge is 0.317 e. The van der Waals surface area contributed by atoms with Crippen LogP contribution in [-0.4, -0.2) is 38.2 Å². The summed E-state index contributed by atoms with van der Waals surface area (Å²) in [5.41, 5.74) is 2.17. The highest BCUT2D eigenvalue weighted by molar-refractivity contribution is 5.73. The Bertz CT molecular complexity index is 614. The molecular formula is C19H24N2O3. The lowest BCUT2D eigenvalue weighted by atomic mass is 10.1. The van der Waals surface area contributed by atoms with Crippen molar-refractivity contribution in [1.82, 2.24) is 10.2 Å². The number of likely N-dealkylation sites (N-methyl/N-ethyl adjacent to an activating group) is 1. The van der Waals surface area contributed by atoms with Crippen LogP contribution in [0.1, 0.15) is 11.1 Å². The number of methoxy groups -OCH3 is 1. The number of para-hydroxylation sites is 1. The second-order valence-electron chi connectivity index (χ2n) is 5.49. The molecule has 0 fully saturated rings. The first-order valence-corrected chi connectivity index (χ1v) is 7.92. The fraction of sp³-hybridized carbons (Fsp3) is 0.316. The van der Waals surface area contributed by atoms with Gasteiger partial charge in [0.05, 0.1) is 13.2 Å². The third-order valence-corrected chi connectivity index (χ3v) is 3.56. The van der Waals surface area contributed by atoms with E-state index >= 15 is 0 Å². The zero-order valence-electron chi connectivity index (χ0n) is 14.2. The van der Waals surface area contributed by atoms with E-state index in [1.807, 2.05) is 54.6 Å². The van der Waals surface area contributed by atoms with Crippen molar-refractivity contribution in [2.75, 3.05) is 27.3 Å². The van der Waals surface area contributed by atoms with E-state index in [1.54, 1.807) is 19.1 Å². The zero-order valence-corrected chi connectivity index (χ0v) is 14.2. The van der Waals surface area contributed by atoms with Crippen LogP contribution >= 0.6 is 0 Å². The van der Waals surface area contributed by atoms with Crippen molar-refractivity contribution in [3.63, 3.8) is 0 Å². The molecule has 128 valence electrons. The molecule has 2 aromatic rings. The molecule has 0 radical (unpaired) electrons. The van der Waals surface area contributed by atoms with Gasteiger partial charge < -0.3 is 19.7 Å². The number of nitrogens with zero attached hydrogens (tertiary/aromatic N) is 1. The molecule has 24 heavy (non-hydrogen) atoms. The summed E-state index contributed by atoms with van der Waals surface area (Å²) >= 11 is 0. The van der Waals surface area contributed by atoms with Crippen LogP contribution in [0.15, 0.2) is 54.6 Å². The van der Waals surface area contributed by atoms with E-state index in [0.29, 0.717) is 26.3 Å². The number of hydrogen-bond donors (Lipinski definition) is 1. The average molecular weight is 328 g/mol. The van der Waals surface area contributed by atoms with E-state index in [4.69, 9.17) is 9.47 Å². The summed E-state index contributed by atoms with van der Waals surface area (Å²) in [7, 11) is 3.43. The lowest BCUT2D eigenvalue weighted by Crippen LogP contribution is -2.39. The highest BCUT2D eigenvalue weighted by atomic mass is 16.5. The molecule has 0 aromatic heterocycles. The normalized spacial score (nSPS) is 10.2. The molecule has 0 aliphatic carbocycles. The van der Waals surface area contributed by atoms with Gasteiger partial charge in [0.2, 0.25) is 0 Å². The number of amides is 2. The quantitative estimate of drug-likeness (QED) is 0.810. The fourth-order valence-corrected chi connectivity index (χ4v) is 2.15. The third kappa shape index (κ3) is 5.93. The monoisotopic (exact) mass is 328 g/mol. The predicted molar refractivity (Wildman–Crippen MR) is 94.0 cm³/mol. The lowest BCUT2D eigenvalue weighted by Gasteiger charge is -2.18. The molecule has 0 atom stereocenters. The van der Waals surface area contributed by atoms with Gasteiger partial charge in [-0.1, -0.05) is 42.5 Å². The number of ether oxygens (including phenoxy) is 2. The second-order valence-corrected chi connectivity index (χ2v) is 5.49. The molecule has 2 amide bonds. The lowest BCUT2D eigenvalue weighted by molar-refractivity contribution is 0.185. The summed E-state index contributed by atoms with van der Waals surface area (Å²) in [5, 5.41) is 2.90. The molecule has 5 nitrogen and oxygen atoms in total. The molecule has 0 aliphatic heterocycles. The fourth-order valence-electron chi connectivity index (χ4n) is 2.15. The first-order valence-electron chi connectivity index (χ1n) is 7.92. The molecule has 0 spiro atoms. The Morgan fingerprint density at radius 2 is 1.71 bits per heavy atom. The minimum Gasteiger partial charge on any atom is -0.492 e. The highest BCUT2D eigenvalue weighted by Crippen LogP contribution is 2.08. The van der Waals surface area contributed by atoms with Crippen LogP contribution in [0.2, 0.25) is 0 Å². The maximum Gasteiger partial charge on any atom is 0.317 e. The first kappa shape index (κ1) is 17.8. The number of rotatable bonds is 8. The molecule has 0 aliphatic rings. The summed E-state index contributed by atoms with van der Waals surface area (Å²) in [6, 6.07) is 17.4. The van der Waals surface area contributed by atoms with Gasteiger partial charge in [-0.25, -0.2) is 4.79 Å². The molecular weight excluding hydrogens is 304 g/mol. The molecule has 0 saturated carbocycles. The minimum atomic E-state index is -0.118. The van der Waals surface area contributed by atoms with E-state index in [9.17, 15) is 4.79 Å². The average Bonchev–Trinajstić information content (AvgIpc) is 2.62. The Kier molecular flexibility index (Phi) is 7.11. The molecule has 0 unspecified atom stereocenters. The van der Waals surface area contributed by atoms with Crippen LogP contribution in [0, 0.1) is 0 Å². The van der Waals surface area contributed by atoms with Crippen molar-refractivity contribution >= 4 is 6.03 Å². The third-order valence-electron chi connectivity index (χ3n) is 3.56. The van der Waals surface area contributed by atoms with E-state index < -0.39 is 0 Å². The van der Waals surface area contributed by atoms with Crippen LogP contribution in [0.25, 0.3) is 0 Å². The molecule has 2 rings (SSSR count). The Morgan fingerprint density at radius 1 is 1.04 bits per heavy atom. The molecule has 1 N–H and O–H groups in total. The van der Waals surface area contributed by atoms with Gasteiger partial charge in [-0.3, -0.25) is 0 Å². The molecule has 0 heterocycles. The summed E-state index contributed by atoms with van der Waals surface area (Å²) < 4.78 is 10.7. The SMILES string of the molecule is COCc1ccc(CNC(=O)N(C)CCOc2ccccc2)cc1. The topological polar surface area (TPSA) is 50.8 Å². The number of nitrogens with one attached hydrogen (secondary N) is 1. The standard InChI is InChI=1S/C19H24N2O3/c1-21(12-13-24-18-6-4-3-5-7-18)19(22)20-14-16-8-10-17(11-9-16)15-23-2/h3-11H,12-15H2,1-2H3,(H,20,22). The van der Waals surface area contributed by atoms with Crippen LogP contribution < -0.4 is 10.1 Å². The van der Waals surface area contributed by atoms with Crippen molar-refractivity contribution in [2.45, 2.75) is 13.2 Å². The predicted octanol–water partition coefficient (Wildman–Crippen LogP) is 3.05. The van der Waals surface area contributed by atoms with Crippen molar-refractivity contribution < 1.29 is 14.3 Å². The van der Waals surface area contributed by atoms with Gasteiger partial charge in [0.25, 0.3) is 0 Å². The van der Waals surface area contributed by atoms with Crippen LogP contribution in [0.5, 0.6) is 5.75 Å². The molecule has 5 heteroatoms. The number of hydrogen-bond acceptors (Lipinski definition) is 3. The maximum atomic E-state index is 12.1. The largest absolute Gasteiger partial charge is 0.492 e.